The number of benzene rings is 1. The van der Waals surface area contributed by atoms with E-state index >= 15 is 0 Å². The molecule has 0 amide bonds. The molecule has 0 fully saturated rings. The lowest BCUT2D eigenvalue weighted by atomic mass is 9.86. The molecule has 5 nitrogen and oxygen atoms in total. The molecule has 0 radical (unpaired) electrons. The maximum Gasteiger partial charge on any atom is 0.137 e. The third-order valence-corrected chi connectivity index (χ3v) is 4.41. The maximum absolute atomic E-state index is 14.4. The molecule has 7 heteroatoms. The summed E-state index contributed by atoms with van der Waals surface area (Å²) in [4.78, 5) is 3.85. The lowest BCUT2D eigenvalue weighted by molar-refractivity contribution is -0.0198. The van der Waals surface area contributed by atoms with Crippen molar-refractivity contribution in [2.45, 2.75) is 44.9 Å². The highest BCUT2D eigenvalue weighted by Crippen LogP contribution is 2.30. The molecule has 0 bridgehead atoms. The van der Waals surface area contributed by atoms with Crippen molar-refractivity contribution >= 4 is 0 Å². The van der Waals surface area contributed by atoms with Gasteiger partial charge in [0.1, 0.15) is 29.9 Å². The van der Waals surface area contributed by atoms with Gasteiger partial charge in [0.05, 0.1) is 6.54 Å². The first-order chi connectivity index (χ1) is 11.9. The first-order valence-electron chi connectivity index (χ1n) is 8.27. The van der Waals surface area contributed by atoms with Crippen LogP contribution in [0, 0.1) is 11.6 Å². The lowest BCUT2D eigenvalue weighted by Gasteiger charge is -2.35. The summed E-state index contributed by atoms with van der Waals surface area (Å²) in [5.41, 5.74) is -0.523. The van der Waals surface area contributed by atoms with Gasteiger partial charge in [-0.05, 0) is 32.4 Å². The van der Waals surface area contributed by atoms with Crippen LogP contribution in [0.1, 0.15) is 32.3 Å². The van der Waals surface area contributed by atoms with Crippen molar-refractivity contribution in [1.82, 2.24) is 20.1 Å². The zero-order chi connectivity index (χ0) is 18.4. The zero-order valence-corrected chi connectivity index (χ0v) is 14.5. The summed E-state index contributed by atoms with van der Waals surface area (Å²) in [6.07, 6.45) is 4.42. The second kappa shape index (κ2) is 8.31. The quantitative estimate of drug-likeness (QED) is 0.683. The van der Waals surface area contributed by atoms with Gasteiger partial charge in [0.25, 0.3) is 0 Å². The van der Waals surface area contributed by atoms with Gasteiger partial charge < -0.3 is 10.4 Å². The molecule has 1 aromatic carbocycles. The SMILES string of the molecule is C=C(CC)CCN[C@@H](C)[C@@](O)(Cn1cncn1)c1ccc(F)cc1F. The molecular formula is C18H24F2N4O. The van der Waals surface area contributed by atoms with Crippen LogP contribution in [0.3, 0.4) is 0 Å². The van der Waals surface area contributed by atoms with Gasteiger partial charge in [0, 0.05) is 17.7 Å². The second-order valence-corrected chi connectivity index (χ2v) is 6.17. The molecule has 0 aliphatic carbocycles. The van der Waals surface area contributed by atoms with E-state index in [2.05, 4.69) is 22.0 Å². The van der Waals surface area contributed by atoms with Crippen LogP contribution in [-0.2, 0) is 12.1 Å². The molecule has 0 spiro atoms. The molecule has 1 aromatic heterocycles. The van der Waals surface area contributed by atoms with E-state index in [0.717, 1.165) is 30.5 Å². The summed E-state index contributed by atoms with van der Waals surface area (Å²) in [5.74, 6) is -1.49. The smallest absolute Gasteiger partial charge is 0.137 e. The predicted molar refractivity (Wildman–Crippen MR) is 91.8 cm³/mol. The van der Waals surface area contributed by atoms with Crippen molar-refractivity contribution in [1.29, 1.82) is 0 Å². The standard InChI is InChI=1S/C18H24F2N4O/c1-4-13(2)7-8-22-14(3)18(25,10-24-12-21-11-23-24)16-6-5-15(19)9-17(16)20/h5-6,9,11-12,14,22,25H,2,4,7-8,10H2,1,3H3/t14-,18-/m0/s1. The minimum Gasteiger partial charge on any atom is -0.381 e. The predicted octanol–water partition coefficient (Wildman–Crippen LogP) is 2.78. The van der Waals surface area contributed by atoms with Gasteiger partial charge in [-0.15, -0.1) is 0 Å². The fraction of sp³-hybridized carbons (Fsp3) is 0.444. The van der Waals surface area contributed by atoms with Crippen molar-refractivity contribution in [3.8, 4) is 0 Å². The van der Waals surface area contributed by atoms with Gasteiger partial charge in [-0.3, -0.25) is 0 Å². The molecule has 2 atom stereocenters. The van der Waals surface area contributed by atoms with E-state index in [1.54, 1.807) is 6.92 Å². The number of nitrogens with zero attached hydrogens (tertiary/aromatic N) is 3. The van der Waals surface area contributed by atoms with Gasteiger partial charge in [-0.1, -0.05) is 25.1 Å². The largest absolute Gasteiger partial charge is 0.381 e. The Morgan fingerprint density at radius 1 is 1.44 bits per heavy atom. The summed E-state index contributed by atoms with van der Waals surface area (Å²) in [6.45, 7) is 8.31. The molecule has 0 saturated carbocycles. The maximum atomic E-state index is 14.4. The Hall–Kier alpha value is -2.12. The van der Waals surface area contributed by atoms with Gasteiger partial charge in [-0.2, -0.15) is 5.10 Å². The first-order valence-corrected chi connectivity index (χ1v) is 8.27. The summed E-state index contributed by atoms with van der Waals surface area (Å²) in [5, 5.41) is 18.5. The number of aliphatic hydroxyl groups is 1. The summed E-state index contributed by atoms with van der Waals surface area (Å²) >= 11 is 0. The minimum absolute atomic E-state index is 0.0127. The number of nitrogens with one attached hydrogen (secondary N) is 1. The second-order valence-electron chi connectivity index (χ2n) is 6.17. The van der Waals surface area contributed by atoms with Crippen molar-refractivity contribution in [2.24, 2.45) is 0 Å². The zero-order valence-electron chi connectivity index (χ0n) is 14.5. The van der Waals surface area contributed by atoms with Crippen LogP contribution in [0.25, 0.3) is 0 Å². The number of hydrogen-bond donors (Lipinski definition) is 2. The molecule has 0 aliphatic rings. The van der Waals surface area contributed by atoms with Gasteiger partial charge in [0.15, 0.2) is 0 Å². The van der Waals surface area contributed by atoms with Crippen LogP contribution in [0.4, 0.5) is 8.78 Å². The number of hydrogen-bond acceptors (Lipinski definition) is 4. The van der Waals surface area contributed by atoms with Crippen LogP contribution >= 0.6 is 0 Å². The molecule has 2 N–H and O–H groups in total. The van der Waals surface area contributed by atoms with E-state index in [1.807, 2.05) is 6.92 Å². The molecule has 1 heterocycles. The number of aromatic nitrogens is 3. The van der Waals surface area contributed by atoms with E-state index in [-0.39, 0.29) is 12.1 Å². The normalized spacial score (nSPS) is 14.9. The Balaban J connectivity index is 2.26. The van der Waals surface area contributed by atoms with E-state index in [1.165, 1.54) is 23.4 Å². The van der Waals surface area contributed by atoms with E-state index in [9.17, 15) is 13.9 Å². The Morgan fingerprint density at radius 2 is 2.20 bits per heavy atom. The van der Waals surface area contributed by atoms with E-state index in [4.69, 9.17) is 0 Å². The lowest BCUT2D eigenvalue weighted by Crippen LogP contribution is -2.50. The van der Waals surface area contributed by atoms with Crippen LogP contribution in [0.15, 0.2) is 43.0 Å². The molecule has 0 aliphatic heterocycles. The van der Waals surface area contributed by atoms with Crippen LogP contribution in [-0.4, -0.2) is 32.5 Å². The highest BCUT2D eigenvalue weighted by atomic mass is 19.1. The van der Waals surface area contributed by atoms with Crippen LogP contribution < -0.4 is 5.32 Å². The van der Waals surface area contributed by atoms with Gasteiger partial charge in [-0.25, -0.2) is 18.4 Å². The highest BCUT2D eigenvalue weighted by molar-refractivity contribution is 5.27. The van der Waals surface area contributed by atoms with Crippen molar-refractivity contribution in [3.05, 3.63) is 60.2 Å². The number of rotatable bonds is 9. The third-order valence-electron chi connectivity index (χ3n) is 4.41. The van der Waals surface area contributed by atoms with E-state index in [0.29, 0.717) is 6.54 Å². The topological polar surface area (TPSA) is 63.0 Å². The molecule has 0 saturated heterocycles. The molecule has 2 rings (SSSR count). The summed E-state index contributed by atoms with van der Waals surface area (Å²) in [6, 6.07) is 2.66. The van der Waals surface area contributed by atoms with Crippen LogP contribution in [0.2, 0.25) is 0 Å². The molecule has 0 unspecified atom stereocenters. The average molecular weight is 350 g/mol. The van der Waals surface area contributed by atoms with E-state index < -0.39 is 23.3 Å². The highest BCUT2D eigenvalue weighted by Gasteiger charge is 2.38. The molecule has 2 aromatic rings. The first kappa shape index (κ1) is 19.2. The summed E-state index contributed by atoms with van der Waals surface area (Å²) < 4.78 is 29.0. The van der Waals surface area contributed by atoms with Crippen LogP contribution in [0.5, 0.6) is 0 Å². The van der Waals surface area contributed by atoms with Crippen molar-refractivity contribution in [2.75, 3.05) is 6.54 Å². The molecule has 25 heavy (non-hydrogen) atoms. The molecular weight excluding hydrogens is 326 g/mol. The molecule has 136 valence electrons. The Labute approximate surface area is 146 Å². The monoisotopic (exact) mass is 350 g/mol. The Morgan fingerprint density at radius 3 is 2.80 bits per heavy atom. The number of halogens is 2. The van der Waals surface area contributed by atoms with Gasteiger partial charge in [0.2, 0.25) is 0 Å². The minimum atomic E-state index is -1.63. The summed E-state index contributed by atoms with van der Waals surface area (Å²) in [7, 11) is 0. The third kappa shape index (κ3) is 4.70. The fourth-order valence-corrected chi connectivity index (χ4v) is 2.67. The van der Waals surface area contributed by atoms with Crippen molar-refractivity contribution < 1.29 is 13.9 Å². The Bertz CT molecular complexity index is 705. The average Bonchev–Trinajstić information content (AvgIpc) is 3.06. The van der Waals surface area contributed by atoms with Crippen molar-refractivity contribution in [3.63, 3.8) is 0 Å². The Kier molecular flexibility index (Phi) is 6.39. The fourth-order valence-electron chi connectivity index (χ4n) is 2.67. The van der Waals surface area contributed by atoms with Gasteiger partial charge >= 0.3 is 0 Å².